The van der Waals surface area contributed by atoms with Crippen molar-refractivity contribution in [2.45, 2.75) is 71.9 Å². The van der Waals surface area contributed by atoms with E-state index in [2.05, 4.69) is 16.7 Å². The summed E-state index contributed by atoms with van der Waals surface area (Å²) in [4.78, 5) is 37.9. The topological polar surface area (TPSA) is 113 Å². The maximum absolute atomic E-state index is 12.7. The van der Waals surface area contributed by atoms with Gasteiger partial charge >= 0.3 is 5.97 Å². The maximum atomic E-state index is 12.7. The molecule has 35 heavy (non-hydrogen) atoms. The summed E-state index contributed by atoms with van der Waals surface area (Å²) in [5.74, 6) is -1.25. The number of ether oxygens (including phenoxy) is 1. The number of anilines is 1. The van der Waals surface area contributed by atoms with Gasteiger partial charge in [0.2, 0.25) is 5.91 Å². The molecule has 8 nitrogen and oxygen atoms in total. The van der Waals surface area contributed by atoms with Gasteiger partial charge in [-0.25, -0.2) is 4.79 Å². The van der Waals surface area contributed by atoms with Gasteiger partial charge in [-0.05, 0) is 43.7 Å². The van der Waals surface area contributed by atoms with Crippen molar-refractivity contribution >= 4 is 23.6 Å². The lowest BCUT2D eigenvalue weighted by Gasteiger charge is -2.21. The Morgan fingerprint density at radius 3 is 2.37 bits per heavy atom. The van der Waals surface area contributed by atoms with Gasteiger partial charge in [0.25, 0.3) is 5.91 Å². The van der Waals surface area contributed by atoms with Crippen LogP contribution < -0.4 is 10.6 Å². The van der Waals surface area contributed by atoms with Gasteiger partial charge in [0, 0.05) is 11.7 Å². The number of carbonyl (C=O) groups excluding carboxylic acids is 3. The SMILES string of the molecule is Cc1c(C#N)c(NC(=O)COC(=O)[C@@H](NC(=O)Cc2ccccc2)C(C)C)n(C2CCCC2)c1C. The normalized spacial score (nSPS) is 14.4. The smallest absolute Gasteiger partial charge is 0.329 e. The summed E-state index contributed by atoms with van der Waals surface area (Å²) >= 11 is 0. The second kappa shape index (κ2) is 11.7. The number of nitriles is 1. The molecule has 2 amide bonds. The third-order valence-corrected chi connectivity index (χ3v) is 6.61. The highest BCUT2D eigenvalue weighted by Gasteiger charge is 2.29. The molecule has 1 aliphatic carbocycles. The van der Waals surface area contributed by atoms with Gasteiger partial charge in [-0.2, -0.15) is 5.26 Å². The molecule has 1 fully saturated rings. The molecule has 2 N–H and O–H groups in total. The number of hydrogen-bond acceptors (Lipinski definition) is 5. The van der Waals surface area contributed by atoms with Crippen LogP contribution in [-0.4, -0.2) is 35.0 Å². The first kappa shape index (κ1) is 26.0. The number of hydrogen-bond donors (Lipinski definition) is 2. The third kappa shape index (κ3) is 6.30. The van der Waals surface area contributed by atoms with Crippen LogP contribution in [0.2, 0.25) is 0 Å². The fourth-order valence-corrected chi connectivity index (χ4v) is 4.60. The number of nitrogens with one attached hydrogen (secondary N) is 2. The van der Waals surface area contributed by atoms with Crippen molar-refractivity contribution in [2.24, 2.45) is 5.92 Å². The first-order chi connectivity index (χ1) is 16.7. The maximum Gasteiger partial charge on any atom is 0.329 e. The fourth-order valence-electron chi connectivity index (χ4n) is 4.60. The van der Waals surface area contributed by atoms with Crippen LogP contribution in [0.1, 0.15) is 68.0 Å². The van der Waals surface area contributed by atoms with Gasteiger partial charge < -0.3 is 19.9 Å². The summed E-state index contributed by atoms with van der Waals surface area (Å²) in [6.07, 6.45) is 4.36. The van der Waals surface area contributed by atoms with E-state index >= 15 is 0 Å². The Bertz CT molecular complexity index is 1110. The Morgan fingerprint density at radius 1 is 1.11 bits per heavy atom. The minimum Gasteiger partial charge on any atom is -0.454 e. The van der Waals surface area contributed by atoms with E-state index in [4.69, 9.17) is 4.74 Å². The summed E-state index contributed by atoms with van der Waals surface area (Å²) in [6.45, 7) is 6.92. The number of rotatable bonds is 9. The lowest BCUT2D eigenvalue weighted by Crippen LogP contribution is -2.46. The molecule has 1 aliphatic rings. The van der Waals surface area contributed by atoms with Crippen LogP contribution in [0.3, 0.4) is 0 Å². The van der Waals surface area contributed by atoms with E-state index in [-0.39, 0.29) is 24.3 Å². The molecule has 1 aromatic heterocycles. The molecule has 1 atom stereocenters. The summed E-state index contributed by atoms with van der Waals surface area (Å²) in [7, 11) is 0. The summed E-state index contributed by atoms with van der Waals surface area (Å²) in [5.41, 5.74) is 3.07. The van der Waals surface area contributed by atoms with E-state index in [0.29, 0.717) is 11.4 Å². The quantitative estimate of drug-likeness (QED) is 0.530. The van der Waals surface area contributed by atoms with Crippen molar-refractivity contribution in [3.8, 4) is 6.07 Å². The first-order valence-corrected chi connectivity index (χ1v) is 12.1. The molecule has 0 spiro atoms. The largest absolute Gasteiger partial charge is 0.454 e. The molecule has 1 aromatic carbocycles. The van der Waals surface area contributed by atoms with E-state index in [9.17, 15) is 19.6 Å². The standard InChI is InChI=1S/C27H34N4O4/c1-17(2)25(29-23(32)14-20-10-6-5-7-11-20)27(34)35-16-24(33)30-26-22(15-28)18(3)19(4)31(26)21-12-8-9-13-21/h5-7,10-11,17,21,25H,8-9,12-14,16H2,1-4H3,(H,29,32)(H,30,33)/t25-/m0/s1. The van der Waals surface area contributed by atoms with Crippen LogP contribution in [0.5, 0.6) is 0 Å². The molecule has 2 aromatic rings. The van der Waals surface area contributed by atoms with Crippen LogP contribution >= 0.6 is 0 Å². The molecule has 1 heterocycles. The monoisotopic (exact) mass is 478 g/mol. The molecule has 186 valence electrons. The minimum atomic E-state index is -0.875. The molecule has 1 saturated carbocycles. The zero-order chi connectivity index (χ0) is 25.5. The lowest BCUT2D eigenvalue weighted by atomic mass is 10.0. The average molecular weight is 479 g/mol. The van der Waals surface area contributed by atoms with Crippen molar-refractivity contribution in [2.75, 3.05) is 11.9 Å². The Hall–Kier alpha value is -3.60. The zero-order valence-electron chi connectivity index (χ0n) is 20.9. The van der Waals surface area contributed by atoms with Gasteiger partial charge in [-0.3, -0.25) is 9.59 Å². The molecule has 0 saturated heterocycles. The van der Waals surface area contributed by atoms with Crippen molar-refractivity contribution in [1.29, 1.82) is 5.26 Å². The number of nitrogens with zero attached hydrogens (tertiary/aromatic N) is 2. The molecule has 0 aliphatic heterocycles. The number of amides is 2. The highest BCUT2D eigenvalue weighted by molar-refractivity contribution is 5.94. The molecule has 0 unspecified atom stereocenters. The van der Waals surface area contributed by atoms with Crippen LogP contribution in [0.15, 0.2) is 30.3 Å². The van der Waals surface area contributed by atoms with E-state index in [1.807, 2.05) is 48.7 Å². The van der Waals surface area contributed by atoms with Crippen molar-refractivity contribution in [3.63, 3.8) is 0 Å². The Morgan fingerprint density at radius 2 is 1.77 bits per heavy atom. The number of benzene rings is 1. The van der Waals surface area contributed by atoms with E-state index in [1.54, 1.807) is 13.8 Å². The summed E-state index contributed by atoms with van der Waals surface area (Å²) in [6, 6.07) is 10.8. The molecule has 3 rings (SSSR count). The van der Waals surface area contributed by atoms with Crippen molar-refractivity contribution in [3.05, 3.63) is 52.7 Å². The van der Waals surface area contributed by atoms with Gasteiger partial charge in [-0.15, -0.1) is 0 Å². The summed E-state index contributed by atoms with van der Waals surface area (Å²) in [5, 5.41) is 15.2. The Balaban J connectivity index is 1.63. The van der Waals surface area contributed by atoms with Gasteiger partial charge in [0.05, 0.1) is 12.0 Å². The second-order valence-corrected chi connectivity index (χ2v) is 9.46. The summed E-state index contributed by atoms with van der Waals surface area (Å²) < 4.78 is 7.31. The van der Waals surface area contributed by atoms with Gasteiger partial charge in [0.15, 0.2) is 6.61 Å². The zero-order valence-corrected chi connectivity index (χ0v) is 20.9. The van der Waals surface area contributed by atoms with Gasteiger partial charge in [-0.1, -0.05) is 57.0 Å². The highest BCUT2D eigenvalue weighted by Crippen LogP contribution is 2.37. The molecular weight excluding hydrogens is 444 g/mol. The predicted molar refractivity (Wildman–Crippen MR) is 133 cm³/mol. The molecule has 0 radical (unpaired) electrons. The number of carbonyl (C=O) groups is 3. The number of esters is 1. The lowest BCUT2D eigenvalue weighted by molar-refractivity contribution is -0.151. The van der Waals surface area contributed by atoms with E-state index in [1.165, 1.54) is 0 Å². The van der Waals surface area contributed by atoms with Crippen LogP contribution in [0.25, 0.3) is 0 Å². The van der Waals surface area contributed by atoms with Crippen molar-refractivity contribution in [1.82, 2.24) is 9.88 Å². The van der Waals surface area contributed by atoms with E-state index in [0.717, 1.165) is 42.5 Å². The Kier molecular flexibility index (Phi) is 8.69. The predicted octanol–water partition coefficient (Wildman–Crippen LogP) is 3.96. The van der Waals surface area contributed by atoms with Crippen LogP contribution in [0.4, 0.5) is 5.82 Å². The molecule has 8 heteroatoms. The minimum absolute atomic E-state index is 0.144. The van der Waals surface area contributed by atoms with Crippen LogP contribution in [0, 0.1) is 31.1 Å². The third-order valence-electron chi connectivity index (χ3n) is 6.61. The highest BCUT2D eigenvalue weighted by atomic mass is 16.5. The number of aromatic nitrogens is 1. The molecule has 0 bridgehead atoms. The van der Waals surface area contributed by atoms with Crippen LogP contribution in [-0.2, 0) is 25.5 Å². The second-order valence-electron chi connectivity index (χ2n) is 9.46. The van der Waals surface area contributed by atoms with Gasteiger partial charge in [0.1, 0.15) is 17.9 Å². The first-order valence-electron chi connectivity index (χ1n) is 12.1. The molecular formula is C27H34N4O4. The Labute approximate surface area is 206 Å². The van der Waals surface area contributed by atoms with Crippen molar-refractivity contribution < 1.29 is 19.1 Å². The fraction of sp³-hybridized carbons (Fsp3) is 0.481. The average Bonchev–Trinajstić information content (AvgIpc) is 3.43. The van der Waals surface area contributed by atoms with E-state index < -0.39 is 24.5 Å².